The van der Waals surface area contributed by atoms with Crippen LogP contribution in [0, 0.1) is 5.41 Å². The van der Waals surface area contributed by atoms with Crippen molar-refractivity contribution in [2.45, 2.75) is 39.8 Å². The second-order valence-electron chi connectivity index (χ2n) is 7.50. The second kappa shape index (κ2) is 8.56. The van der Waals surface area contributed by atoms with E-state index in [1.54, 1.807) is 29.5 Å². The molecule has 10 heteroatoms. The van der Waals surface area contributed by atoms with Crippen molar-refractivity contribution in [3.63, 3.8) is 0 Å². The molecule has 1 amide bonds. The summed E-state index contributed by atoms with van der Waals surface area (Å²) in [5.41, 5.74) is 1.08. The Kier molecular flexibility index (Phi) is 6.81. The molecule has 1 aromatic carbocycles. The Hall–Kier alpha value is -2.01. The van der Waals surface area contributed by atoms with Crippen molar-refractivity contribution in [1.29, 1.82) is 0 Å². The zero-order valence-electron chi connectivity index (χ0n) is 16.2. The summed E-state index contributed by atoms with van der Waals surface area (Å²) in [6, 6.07) is 6.17. The van der Waals surface area contributed by atoms with Crippen LogP contribution in [0.5, 0.6) is 0 Å². The summed E-state index contributed by atoms with van der Waals surface area (Å²) in [6.07, 6.45) is 0.461. The largest absolute Gasteiger partial charge is 0.390 e. The van der Waals surface area contributed by atoms with Gasteiger partial charge in [-0.3, -0.25) is 14.1 Å². The topological polar surface area (TPSA) is 120 Å². The van der Waals surface area contributed by atoms with Crippen molar-refractivity contribution < 1.29 is 22.9 Å². The van der Waals surface area contributed by atoms with Crippen molar-refractivity contribution in [2.24, 2.45) is 5.41 Å². The number of thiazole rings is 1. The van der Waals surface area contributed by atoms with Gasteiger partial charge in [0.2, 0.25) is 5.91 Å². The first-order chi connectivity index (χ1) is 12.9. The number of amides is 1. The fourth-order valence-electron chi connectivity index (χ4n) is 2.69. The molecule has 0 saturated heterocycles. The Bertz CT molecular complexity index is 917. The fourth-order valence-corrected chi connectivity index (χ4v) is 4.08. The highest BCUT2D eigenvalue weighted by Gasteiger charge is 2.31. The van der Waals surface area contributed by atoms with Crippen molar-refractivity contribution in [2.75, 3.05) is 11.8 Å². The SMILES string of the molecule is CN(C(=O)C(C)(C)C)C(Cc1ccc(NS(=O)(=O)O)cc1)c1nc(CO)cs1. The van der Waals surface area contributed by atoms with E-state index in [-0.39, 0.29) is 24.2 Å². The lowest BCUT2D eigenvalue weighted by atomic mass is 9.93. The van der Waals surface area contributed by atoms with E-state index >= 15 is 0 Å². The molecule has 8 nitrogen and oxygen atoms in total. The minimum atomic E-state index is -4.33. The number of nitrogens with zero attached hydrogens (tertiary/aromatic N) is 2. The number of carbonyl (C=O) groups excluding carboxylic acids is 1. The maximum absolute atomic E-state index is 12.8. The van der Waals surface area contributed by atoms with Crippen LogP contribution >= 0.6 is 11.3 Å². The first kappa shape index (κ1) is 22.3. The number of hydrogen-bond acceptors (Lipinski definition) is 6. The molecular formula is C18H25N3O5S2. The lowest BCUT2D eigenvalue weighted by Gasteiger charge is -2.32. The number of aliphatic hydroxyl groups is 1. The van der Waals surface area contributed by atoms with Crippen LogP contribution in [0.2, 0.25) is 0 Å². The second-order valence-corrected chi connectivity index (χ2v) is 9.54. The van der Waals surface area contributed by atoms with E-state index in [0.717, 1.165) is 5.56 Å². The molecule has 0 spiro atoms. The standard InChI is InChI=1S/C18H25N3O5S2/c1-18(2,3)17(23)21(4)15(16-19-14(10-22)11-27-16)9-12-5-7-13(8-6-12)20-28(24,25)26/h5-8,11,15,20,22H,9-10H2,1-4H3,(H,24,25,26). The van der Waals surface area contributed by atoms with E-state index in [9.17, 15) is 18.3 Å². The van der Waals surface area contributed by atoms with Crippen molar-refractivity contribution in [3.8, 4) is 0 Å². The number of carbonyl (C=O) groups is 1. The van der Waals surface area contributed by atoms with Crippen LogP contribution in [0.25, 0.3) is 0 Å². The van der Waals surface area contributed by atoms with E-state index in [4.69, 9.17) is 4.55 Å². The van der Waals surface area contributed by atoms with Crippen molar-refractivity contribution in [1.82, 2.24) is 9.88 Å². The summed E-state index contributed by atoms with van der Waals surface area (Å²) in [6.45, 7) is 5.37. The van der Waals surface area contributed by atoms with E-state index < -0.39 is 15.7 Å². The number of anilines is 1. The third-order valence-electron chi connectivity index (χ3n) is 4.08. The predicted octanol–water partition coefficient (Wildman–Crippen LogP) is 2.64. The van der Waals surface area contributed by atoms with Crippen LogP contribution in [0.4, 0.5) is 5.69 Å². The fraction of sp³-hybridized carbons (Fsp3) is 0.444. The van der Waals surface area contributed by atoms with E-state index in [1.807, 2.05) is 25.5 Å². The van der Waals surface area contributed by atoms with Crippen molar-refractivity contribution >= 4 is 33.2 Å². The van der Waals surface area contributed by atoms with Crippen LogP contribution in [0.1, 0.15) is 43.1 Å². The molecule has 28 heavy (non-hydrogen) atoms. The average molecular weight is 428 g/mol. The molecule has 2 rings (SSSR count). The number of benzene rings is 1. The van der Waals surface area contributed by atoms with Gasteiger partial charge in [0.05, 0.1) is 24.0 Å². The lowest BCUT2D eigenvalue weighted by Crippen LogP contribution is -2.40. The Morgan fingerprint density at radius 2 is 1.89 bits per heavy atom. The molecule has 0 aliphatic carbocycles. The predicted molar refractivity (Wildman–Crippen MR) is 108 cm³/mol. The summed E-state index contributed by atoms with van der Waals surface area (Å²) < 4.78 is 32.7. The molecule has 0 bridgehead atoms. The highest BCUT2D eigenvalue weighted by atomic mass is 32.2. The minimum absolute atomic E-state index is 0.0390. The van der Waals surface area contributed by atoms with E-state index in [0.29, 0.717) is 17.1 Å². The first-order valence-electron chi connectivity index (χ1n) is 8.57. The molecular weight excluding hydrogens is 402 g/mol. The summed E-state index contributed by atoms with van der Waals surface area (Å²) in [5.74, 6) is -0.0390. The van der Waals surface area contributed by atoms with Gasteiger partial charge in [0.1, 0.15) is 5.01 Å². The molecule has 1 aromatic heterocycles. The van der Waals surface area contributed by atoms with Gasteiger partial charge in [-0.2, -0.15) is 8.42 Å². The van der Waals surface area contributed by atoms with Gasteiger partial charge in [0.15, 0.2) is 0 Å². The van der Waals surface area contributed by atoms with E-state index in [1.165, 1.54) is 23.5 Å². The van der Waals surface area contributed by atoms with Crippen LogP contribution in [-0.2, 0) is 28.1 Å². The number of rotatable bonds is 7. The molecule has 3 N–H and O–H groups in total. The van der Waals surface area contributed by atoms with Gasteiger partial charge in [-0.15, -0.1) is 11.3 Å². The van der Waals surface area contributed by atoms with Crippen LogP contribution < -0.4 is 4.72 Å². The summed E-state index contributed by atoms with van der Waals surface area (Å²) in [7, 11) is -2.60. The summed E-state index contributed by atoms with van der Waals surface area (Å²) >= 11 is 1.38. The maximum Gasteiger partial charge on any atom is 0.357 e. The Morgan fingerprint density at radius 1 is 1.29 bits per heavy atom. The number of aliphatic hydroxyl groups excluding tert-OH is 1. The molecule has 154 valence electrons. The molecule has 0 radical (unpaired) electrons. The van der Waals surface area contributed by atoms with Crippen molar-refractivity contribution in [3.05, 3.63) is 45.9 Å². The Balaban J connectivity index is 2.30. The normalized spacial score (nSPS) is 13.2. The molecule has 0 aliphatic heterocycles. The number of nitrogens with one attached hydrogen (secondary N) is 1. The van der Waals surface area contributed by atoms with Gasteiger partial charge in [-0.25, -0.2) is 4.98 Å². The summed E-state index contributed by atoms with van der Waals surface area (Å²) in [4.78, 5) is 18.9. The quantitative estimate of drug-likeness (QED) is 0.584. The Morgan fingerprint density at radius 3 is 2.36 bits per heavy atom. The Labute approximate surface area is 169 Å². The zero-order chi connectivity index (χ0) is 21.1. The zero-order valence-corrected chi connectivity index (χ0v) is 17.8. The monoisotopic (exact) mass is 427 g/mol. The number of aromatic nitrogens is 1. The highest BCUT2D eigenvalue weighted by Crippen LogP contribution is 2.31. The van der Waals surface area contributed by atoms with Crippen LogP contribution in [-0.4, -0.2) is 40.9 Å². The van der Waals surface area contributed by atoms with Gasteiger partial charge < -0.3 is 10.0 Å². The smallest absolute Gasteiger partial charge is 0.357 e. The molecule has 1 unspecified atom stereocenters. The lowest BCUT2D eigenvalue weighted by molar-refractivity contribution is -0.140. The average Bonchev–Trinajstić information content (AvgIpc) is 3.06. The molecule has 0 fully saturated rings. The van der Waals surface area contributed by atoms with Gasteiger partial charge in [-0.1, -0.05) is 32.9 Å². The third kappa shape index (κ3) is 5.99. The van der Waals surface area contributed by atoms with Gasteiger partial charge in [0.25, 0.3) is 0 Å². The van der Waals surface area contributed by atoms with Gasteiger partial charge >= 0.3 is 10.3 Å². The number of likely N-dealkylation sites (N-methyl/N-ethyl adjacent to an activating group) is 1. The third-order valence-corrected chi connectivity index (χ3v) is 5.56. The minimum Gasteiger partial charge on any atom is -0.390 e. The molecule has 1 heterocycles. The highest BCUT2D eigenvalue weighted by molar-refractivity contribution is 7.87. The molecule has 1 atom stereocenters. The van der Waals surface area contributed by atoms with Gasteiger partial charge in [-0.05, 0) is 24.1 Å². The van der Waals surface area contributed by atoms with Crippen LogP contribution in [0.3, 0.4) is 0 Å². The van der Waals surface area contributed by atoms with Gasteiger partial charge in [0, 0.05) is 17.8 Å². The number of hydrogen-bond donors (Lipinski definition) is 3. The summed E-state index contributed by atoms with van der Waals surface area (Å²) in [5, 5.41) is 11.8. The molecule has 0 aliphatic rings. The molecule has 2 aromatic rings. The molecule has 0 saturated carbocycles. The first-order valence-corrected chi connectivity index (χ1v) is 10.9. The maximum atomic E-state index is 12.8. The van der Waals surface area contributed by atoms with E-state index in [2.05, 4.69) is 4.98 Å². The van der Waals surface area contributed by atoms with Crippen LogP contribution in [0.15, 0.2) is 29.6 Å².